The molecule has 1 amide bonds. The number of nitrogens with zero attached hydrogens (tertiary/aromatic N) is 1. The molecular formula is C17H22F4N2O. The Balaban J connectivity index is 2.01. The maximum absolute atomic E-state index is 13.7. The van der Waals surface area contributed by atoms with E-state index in [0.717, 1.165) is 44.4 Å². The van der Waals surface area contributed by atoms with Crippen molar-refractivity contribution in [2.24, 2.45) is 0 Å². The summed E-state index contributed by atoms with van der Waals surface area (Å²) in [6.07, 6.45) is -0.817. The first kappa shape index (κ1) is 18.7. The summed E-state index contributed by atoms with van der Waals surface area (Å²) in [6, 6.07) is 3.37. The Morgan fingerprint density at radius 2 is 2.08 bits per heavy atom. The van der Waals surface area contributed by atoms with Crippen molar-refractivity contribution in [2.45, 2.75) is 51.4 Å². The molecule has 1 atom stereocenters. The molecule has 1 heterocycles. The smallest absolute Gasteiger partial charge is 0.356 e. The second-order valence-electron chi connectivity index (χ2n) is 6.20. The first-order chi connectivity index (χ1) is 11.3. The Kier molecular flexibility index (Phi) is 6.21. The van der Waals surface area contributed by atoms with Gasteiger partial charge in [0.1, 0.15) is 5.82 Å². The van der Waals surface area contributed by atoms with Crippen LogP contribution in [0.3, 0.4) is 0 Å². The third-order valence-electron chi connectivity index (χ3n) is 4.33. The highest BCUT2D eigenvalue weighted by Gasteiger charge is 2.34. The number of rotatable bonds is 5. The molecule has 1 N–H and O–H groups in total. The number of halogens is 4. The predicted molar refractivity (Wildman–Crippen MR) is 82.8 cm³/mol. The lowest BCUT2D eigenvalue weighted by Gasteiger charge is -2.36. The number of benzene rings is 1. The fourth-order valence-corrected chi connectivity index (χ4v) is 3.13. The third-order valence-corrected chi connectivity index (χ3v) is 4.33. The van der Waals surface area contributed by atoms with Crippen LogP contribution in [0.25, 0.3) is 0 Å². The summed E-state index contributed by atoms with van der Waals surface area (Å²) in [6.45, 7) is 3.27. The molecule has 0 radical (unpaired) electrons. The lowest BCUT2D eigenvalue weighted by molar-refractivity contribution is -0.140. The molecule has 0 spiro atoms. The molecule has 3 nitrogen and oxygen atoms in total. The fourth-order valence-electron chi connectivity index (χ4n) is 3.13. The third kappa shape index (κ3) is 5.19. The van der Waals surface area contributed by atoms with E-state index >= 15 is 0 Å². The summed E-state index contributed by atoms with van der Waals surface area (Å²) in [5, 5.41) is 2.76. The summed E-state index contributed by atoms with van der Waals surface area (Å²) in [5.74, 6) is -1.31. The lowest BCUT2D eigenvalue weighted by Crippen LogP contribution is -2.41. The molecule has 0 aromatic heterocycles. The second-order valence-corrected chi connectivity index (χ2v) is 6.20. The standard InChI is InChI=1S/C17H22F4N2O/c1-12(24)22-8-7-14-4-2-3-9-23(14)11-13-5-6-15(16(18)10-13)17(19,20)21/h5-6,10,14H,2-4,7-9,11H2,1H3,(H,22,24). The van der Waals surface area contributed by atoms with Crippen LogP contribution in [-0.2, 0) is 17.5 Å². The molecule has 1 aromatic rings. The van der Waals surface area contributed by atoms with E-state index in [1.54, 1.807) is 0 Å². The molecule has 24 heavy (non-hydrogen) atoms. The largest absolute Gasteiger partial charge is 0.419 e. The zero-order valence-corrected chi connectivity index (χ0v) is 13.6. The Labute approximate surface area is 139 Å². The van der Waals surface area contributed by atoms with Gasteiger partial charge in [-0.1, -0.05) is 12.5 Å². The van der Waals surface area contributed by atoms with Crippen molar-refractivity contribution < 1.29 is 22.4 Å². The van der Waals surface area contributed by atoms with E-state index in [0.29, 0.717) is 18.7 Å². The van der Waals surface area contributed by atoms with Crippen molar-refractivity contribution in [2.75, 3.05) is 13.1 Å². The first-order valence-corrected chi connectivity index (χ1v) is 8.11. The van der Waals surface area contributed by atoms with Crippen LogP contribution in [0.15, 0.2) is 18.2 Å². The van der Waals surface area contributed by atoms with Crippen LogP contribution in [0.2, 0.25) is 0 Å². The molecular weight excluding hydrogens is 324 g/mol. The minimum absolute atomic E-state index is 0.0813. The van der Waals surface area contributed by atoms with Crippen molar-refractivity contribution in [1.82, 2.24) is 10.2 Å². The molecule has 1 aliphatic heterocycles. The minimum atomic E-state index is -4.67. The highest BCUT2D eigenvalue weighted by Crippen LogP contribution is 2.32. The Morgan fingerprint density at radius 1 is 1.33 bits per heavy atom. The van der Waals surface area contributed by atoms with E-state index in [1.807, 2.05) is 0 Å². The zero-order chi connectivity index (χ0) is 17.7. The van der Waals surface area contributed by atoms with Gasteiger partial charge in [0.05, 0.1) is 5.56 Å². The van der Waals surface area contributed by atoms with E-state index in [2.05, 4.69) is 10.2 Å². The van der Waals surface area contributed by atoms with Crippen LogP contribution in [0, 0.1) is 5.82 Å². The SMILES string of the molecule is CC(=O)NCCC1CCCCN1Cc1ccc(C(F)(F)F)c(F)c1. The number of carbonyl (C=O) groups excluding carboxylic acids is 1. The van der Waals surface area contributed by atoms with Gasteiger partial charge in [0.25, 0.3) is 0 Å². The molecule has 0 saturated carbocycles. The second kappa shape index (κ2) is 7.96. The summed E-state index contributed by atoms with van der Waals surface area (Å²) >= 11 is 0. The van der Waals surface area contributed by atoms with Gasteiger partial charge in [-0.2, -0.15) is 13.2 Å². The van der Waals surface area contributed by atoms with Crippen LogP contribution < -0.4 is 5.32 Å². The number of amides is 1. The molecule has 1 fully saturated rings. The van der Waals surface area contributed by atoms with Gasteiger partial charge in [0.2, 0.25) is 5.91 Å². The minimum Gasteiger partial charge on any atom is -0.356 e. The van der Waals surface area contributed by atoms with E-state index in [9.17, 15) is 22.4 Å². The number of hydrogen-bond donors (Lipinski definition) is 1. The molecule has 1 unspecified atom stereocenters. The molecule has 1 saturated heterocycles. The van der Waals surface area contributed by atoms with Gasteiger partial charge in [-0.15, -0.1) is 0 Å². The van der Waals surface area contributed by atoms with Crippen molar-refractivity contribution in [1.29, 1.82) is 0 Å². The number of piperidine rings is 1. The maximum Gasteiger partial charge on any atom is 0.419 e. The molecule has 2 rings (SSSR count). The molecule has 0 aliphatic carbocycles. The van der Waals surface area contributed by atoms with Crippen LogP contribution in [0.4, 0.5) is 17.6 Å². The number of nitrogens with one attached hydrogen (secondary N) is 1. The summed E-state index contributed by atoms with van der Waals surface area (Å²) < 4.78 is 51.6. The quantitative estimate of drug-likeness (QED) is 0.824. The van der Waals surface area contributed by atoms with Gasteiger partial charge < -0.3 is 5.32 Å². The van der Waals surface area contributed by atoms with Crippen LogP contribution in [0.5, 0.6) is 0 Å². The van der Waals surface area contributed by atoms with Gasteiger partial charge in [0, 0.05) is 26.1 Å². The van der Waals surface area contributed by atoms with Crippen LogP contribution in [-0.4, -0.2) is 29.9 Å². The predicted octanol–water partition coefficient (Wildman–Crippen LogP) is 3.73. The topological polar surface area (TPSA) is 32.3 Å². The number of alkyl halides is 3. The fraction of sp³-hybridized carbons (Fsp3) is 0.588. The Morgan fingerprint density at radius 3 is 2.71 bits per heavy atom. The van der Waals surface area contributed by atoms with Gasteiger partial charge >= 0.3 is 6.18 Å². The number of carbonyl (C=O) groups is 1. The van der Waals surface area contributed by atoms with Crippen LogP contribution >= 0.6 is 0 Å². The van der Waals surface area contributed by atoms with Gasteiger partial charge in [0.15, 0.2) is 0 Å². The lowest BCUT2D eigenvalue weighted by atomic mass is 9.98. The van der Waals surface area contributed by atoms with Crippen molar-refractivity contribution in [3.05, 3.63) is 35.1 Å². The van der Waals surface area contributed by atoms with Gasteiger partial charge in [-0.25, -0.2) is 4.39 Å². The molecule has 0 bridgehead atoms. The van der Waals surface area contributed by atoms with Crippen molar-refractivity contribution >= 4 is 5.91 Å². The average molecular weight is 346 g/mol. The van der Waals surface area contributed by atoms with E-state index in [-0.39, 0.29) is 11.9 Å². The van der Waals surface area contributed by atoms with Gasteiger partial charge in [-0.3, -0.25) is 9.69 Å². The average Bonchev–Trinajstić information content (AvgIpc) is 2.47. The Hall–Kier alpha value is -1.63. The molecule has 1 aromatic carbocycles. The number of hydrogen-bond acceptors (Lipinski definition) is 2. The van der Waals surface area contributed by atoms with Gasteiger partial charge in [-0.05, 0) is 43.5 Å². The molecule has 134 valence electrons. The summed E-state index contributed by atoms with van der Waals surface area (Å²) in [5.41, 5.74) is -0.695. The molecule has 7 heteroatoms. The number of likely N-dealkylation sites (tertiary alicyclic amines) is 1. The summed E-state index contributed by atoms with van der Waals surface area (Å²) in [7, 11) is 0. The van der Waals surface area contributed by atoms with E-state index in [1.165, 1.54) is 13.0 Å². The van der Waals surface area contributed by atoms with Crippen LogP contribution in [0.1, 0.15) is 43.7 Å². The highest BCUT2D eigenvalue weighted by atomic mass is 19.4. The zero-order valence-electron chi connectivity index (χ0n) is 13.6. The summed E-state index contributed by atoms with van der Waals surface area (Å²) in [4.78, 5) is 13.1. The maximum atomic E-state index is 13.7. The van der Waals surface area contributed by atoms with Crippen molar-refractivity contribution in [3.8, 4) is 0 Å². The van der Waals surface area contributed by atoms with E-state index in [4.69, 9.17) is 0 Å². The van der Waals surface area contributed by atoms with Crippen molar-refractivity contribution in [3.63, 3.8) is 0 Å². The Bertz CT molecular complexity index is 574. The first-order valence-electron chi connectivity index (χ1n) is 8.11. The molecule has 1 aliphatic rings. The van der Waals surface area contributed by atoms with E-state index < -0.39 is 17.6 Å². The normalized spacial score (nSPS) is 19.3. The highest BCUT2D eigenvalue weighted by molar-refractivity contribution is 5.72. The monoisotopic (exact) mass is 346 g/mol.